The van der Waals surface area contributed by atoms with Gasteiger partial charge in [-0.2, -0.15) is 0 Å². The summed E-state index contributed by atoms with van der Waals surface area (Å²) in [7, 11) is 0. The minimum Gasteiger partial charge on any atom is -0.143 e. The zero-order valence-electron chi connectivity index (χ0n) is 5.88. The van der Waals surface area contributed by atoms with Gasteiger partial charge in [0.1, 0.15) is 0 Å². The molecule has 0 fully saturated rings. The third kappa shape index (κ3) is 1.21. The summed E-state index contributed by atoms with van der Waals surface area (Å²) < 4.78 is 1.38. The first kappa shape index (κ1) is 7.32. The summed E-state index contributed by atoms with van der Waals surface area (Å²) in [6, 6.07) is 8.49. The molecule has 1 heterocycles. The van der Waals surface area contributed by atoms with Crippen molar-refractivity contribution in [1.29, 1.82) is 0 Å². The molecule has 0 radical (unpaired) electrons. The SMILES string of the molecule is BrCc1csc2ccccc12. The molecule has 0 aliphatic heterocycles. The lowest BCUT2D eigenvalue weighted by molar-refractivity contribution is 1.55. The van der Waals surface area contributed by atoms with Gasteiger partial charge in [0.15, 0.2) is 0 Å². The van der Waals surface area contributed by atoms with Crippen LogP contribution in [-0.2, 0) is 5.33 Å². The van der Waals surface area contributed by atoms with Crippen molar-refractivity contribution < 1.29 is 0 Å². The van der Waals surface area contributed by atoms with Crippen molar-refractivity contribution in [3.05, 3.63) is 35.2 Å². The van der Waals surface area contributed by atoms with E-state index in [-0.39, 0.29) is 0 Å². The summed E-state index contributed by atoms with van der Waals surface area (Å²) >= 11 is 5.27. The minimum atomic E-state index is 0.955. The number of alkyl halides is 1. The van der Waals surface area contributed by atoms with E-state index in [0.717, 1.165) is 5.33 Å². The van der Waals surface area contributed by atoms with E-state index in [4.69, 9.17) is 0 Å². The lowest BCUT2D eigenvalue weighted by atomic mass is 10.2. The monoisotopic (exact) mass is 226 g/mol. The van der Waals surface area contributed by atoms with Crippen LogP contribution in [0.1, 0.15) is 5.56 Å². The highest BCUT2D eigenvalue weighted by atomic mass is 79.9. The van der Waals surface area contributed by atoms with Gasteiger partial charge in [-0.25, -0.2) is 0 Å². The fourth-order valence-electron chi connectivity index (χ4n) is 1.14. The zero-order valence-corrected chi connectivity index (χ0v) is 8.28. The maximum Gasteiger partial charge on any atom is 0.0345 e. The van der Waals surface area contributed by atoms with E-state index < -0.39 is 0 Å². The summed E-state index contributed by atoms with van der Waals surface area (Å²) in [6.45, 7) is 0. The fraction of sp³-hybridized carbons (Fsp3) is 0.111. The molecule has 1 aromatic heterocycles. The second-order valence-corrected chi connectivity index (χ2v) is 3.86. The molecule has 0 unspecified atom stereocenters. The molecular weight excluding hydrogens is 220 g/mol. The molecule has 0 nitrogen and oxygen atoms in total. The van der Waals surface area contributed by atoms with Gasteiger partial charge in [0.25, 0.3) is 0 Å². The Morgan fingerprint density at radius 2 is 2.09 bits per heavy atom. The highest BCUT2D eigenvalue weighted by molar-refractivity contribution is 9.08. The molecule has 0 amide bonds. The van der Waals surface area contributed by atoms with Gasteiger partial charge in [0, 0.05) is 10.0 Å². The highest BCUT2D eigenvalue weighted by Crippen LogP contribution is 2.26. The van der Waals surface area contributed by atoms with Crippen molar-refractivity contribution >= 4 is 37.4 Å². The smallest absolute Gasteiger partial charge is 0.0345 e. The largest absolute Gasteiger partial charge is 0.143 e. The molecule has 0 bridgehead atoms. The summed E-state index contributed by atoms with van der Waals surface area (Å²) in [6.07, 6.45) is 0. The van der Waals surface area contributed by atoms with E-state index in [1.165, 1.54) is 15.6 Å². The molecule has 0 atom stereocenters. The van der Waals surface area contributed by atoms with Crippen molar-refractivity contribution in [2.45, 2.75) is 5.33 Å². The van der Waals surface area contributed by atoms with Gasteiger partial charge in [-0.3, -0.25) is 0 Å². The van der Waals surface area contributed by atoms with Crippen LogP contribution < -0.4 is 0 Å². The average Bonchev–Trinajstić information content (AvgIpc) is 2.47. The second-order valence-electron chi connectivity index (χ2n) is 2.39. The first-order valence-corrected chi connectivity index (χ1v) is 5.43. The summed E-state index contributed by atoms with van der Waals surface area (Å²) in [4.78, 5) is 0. The Morgan fingerprint density at radius 3 is 2.91 bits per heavy atom. The van der Waals surface area contributed by atoms with Gasteiger partial charge in [-0.1, -0.05) is 34.1 Å². The zero-order chi connectivity index (χ0) is 7.68. The van der Waals surface area contributed by atoms with Crippen LogP contribution >= 0.6 is 27.3 Å². The van der Waals surface area contributed by atoms with Crippen molar-refractivity contribution in [2.24, 2.45) is 0 Å². The number of benzene rings is 1. The average molecular weight is 227 g/mol. The Hall–Kier alpha value is -0.340. The maximum absolute atomic E-state index is 3.46. The van der Waals surface area contributed by atoms with E-state index in [1.54, 1.807) is 0 Å². The van der Waals surface area contributed by atoms with E-state index in [0.29, 0.717) is 0 Å². The maximum atomic E-state index is 3.46. The van der Waals surface area contributed by atoms with Crippen molar-refractivity contribution in [3.63, 3.8) is 0 Å². The molecular formula is C9H7BrS. The molecule has 2 aromatic rings. The van der Waals surface area contributed by atoms with Crippen LogP contribution in [0.15, 0.2) is 29.6 Å². The first-order chi connectivity index (χ1) is 5.42. The quantitative estimate of drug-likeness (QED) is 0.650. The van der Waals surface area contributed by atoms with Crippen LogP contribution in [-0.4, -0.2) is 0 Å². The van der Waals surface area contributed by atoms with Crippen LogP contribution in [0, 0.1) is 0 Å². The van der Waals surface area contributed by atoms with Crippen LogP contribution in [0.5, 0.6) is 0 Å². The molecule has 0 saturated carbocycles. The van der Waals surface area contributed by atoms with Gasteiger partial charge in [0.05, 0.1) is 0 Å². The Bertz CT molecular complexity index is 364. The Balaban J connectivity index is 2.76. The Kier molecular flexibility index (Phi) is 1.96. The van der Waals surface area contributed by atoms with Gasteiger partial charge in [-0.15, -0.1) is 11.3 Å². The molecule has 0 aliphatic carbocycles. The standard InChI is InChI=1S/C9H7BrS/c10-5-7-6-11-9-4-2-1-3-8(7)9/h1-4,6H,5H2. The van der Waals surface area contributed by atoms with Crippen LogP contribution in [0.4, 0.5) is 0 Å². The number of halogens is 1. The number of thiophene rings is 1. The number of fused-ring (bicyclic) bond motifs is 1. The summed E-state index contributed by atoms with van der Waals surface area (Å²) in [5, 5.41) is 4.55. The third-order valence-corrected chi connectivity index (χ3v) is 3.32. The Morgan fingerprint density at radius 1 is 1.27 bits per heavy atom. The molecule has 2 heteroatoms. The number of hydrogen-bond acceptors (Lipinski definition) is 1. The van der Waals surface area contributed by atoms with Crippen LogP contribution in [0.3, 0.4) is 0 Å². The lowest BCUT2D eigenvalue weighted by Crippen LogP contribution is -1.70. The molecule has 0 saturated heterocycles. The van der Waals surface area contributed by atoms with Gasteiger partial charge in [-0.05, 0) is 22.4 Å². The summed E-state index contributed by atoms with van der Waals surface area (Å²) in [5.41, 5.74) is 1.39. The lowest BCUT2D eigenvalue weighted by Gasteiger charge is -1.90. The molecule has 0 aliphatic rings. The van der Waals surface area contributed by atoms with Crippen LogP contribution in [0.25, 0.3) is 10.1 Å². The molecule has 2 rings (SSSR count). The van der Waals surface area contributed by atoms with Crippen molar-refractivity contribution in [2.75, 3.05) is 0 Å². The molecule has 0 spiro atoms. The second kappa shape index (κ2) is 2.95. The molecule has 56 valence electrons. The van der Waals surface area contributed by atoms with Gasteiger partial charge >= 0.3 is 0 Å². The van der Waals surface area contributed by atoms with E-state index in [9.17, 15) is 0 Å². The van der Waals surface area contributed by atoms with Crippen LogP contribution in [0.2, 0.25) is 0 Å². The van der Waals surface area contributed by atoms with Crippen molar-refractivity contribution in [3.8, 4) is 0 Å². The molecule has 11 heavy (non-hydrogen) atoms. The Labute approximate surface area is 78.0 Å². The number of rotatable bonds is 1. The van der Waals surface area contributed by atoms with E-state index >= 15 is 0 Å². The predicted octanol–water partition coefficient (Wildman–Crippen LogP) is 3.80. The number of hydrogen-bond donors (Lipinski definition) is 0. The first-order valence-electron chi connectivity index (χ1n) is 3.43. The molecule has 0 N–H and O–H groups in total. The normalized spacial score (nSPS) is 10.6. The minimum absolute atomic E-state index is 0.955. The van der Waals surface area contributed by atoms with E-state index in [2.05, 4.69) is 45.6 Å². The summed E-state index contributed by atoms with van der Waals surface area (Å²) in [5.74, 6) is 0. The fourth-order valence-corrected chi connectivity index (χ4v) is 2.78. The topological polar surface area (TPSA) is 0 Å². The molecule has 1 aromatic carbocycles. The predicted molar refractivity (Wildman–Crippen MR) is 54.5 cm³/mol. The van der Waals surface area contributed by atoms with Crippen molar-refractivity contribution in [1.82, 2.24) is 0 Å². The third-order valence-electron chi connectivity index (χ3n) is 1.71. The van der Waals surface area contributed by atoms with Gasteiger partial charge in [0.2, 0.25) is 0 Å². The highest BCUT2D eigenvalue weighted by Gasteiger charge is 1.99. The van der Waals surface area contributed by atoms with E-state index in [1.807, 2.05) is 11.3 Å². The van der Waals surface area contributed by atoms with Gasteiger partial charge < -0.3 is 0 Å².